The van der Waals surface area contributed by atoms with E-state index in [4.69, 9.17) is 4.74 Å². The van der Waals surface area contributed by atoms with Gasteiger partial charge in [0.2, 0.25) is 5.91 Å². The van der Waals surface area contributed by atoms with Gasteiger partial charge in [-0.3, -0.25) is 14.0 Å². The molecule has 4 rings (SSSR count). The van der Waals surface area contributed by atoms with Crippen LogP contribution in [-0.2, 0) is 16.1 Å². The molecule has 1 amide bonds. The lowest BCUT2D eigenvalue weighted by Crippen LogP contribution is -2.23. The predicted octanol–water partition coefficient (Wildman–Crippen LogP) is 2.49. The summed E-state index contributed by atoms with van der Waals surface area (Å²) in [5.41, 5.74) is 2.73. The van der Waals surface area contributed by atoms with Crippen molar-refractivity contribution in [1.29, 1.82) is 0 Å². The molecule has 1 aliphatic rings. The summed E-state index contributed by atoms with van der Waals surface area (Å²) in [7, 11) is 0. The molecule has 7 nitrogen and oxygen atoms in total. The molecular weight excluding hydrogens is 358 g/mol. The van der Waals surface area contributed by atoms with Crippen LogP contribution in [0.1, 0.15) is 34.5 Å². The summed E-state index contributed by atoms with van der Waals surface area (Å²) in [5, 5.41) is 0. The first-order valence-corrected chi connectivity index (χ1v) is 9.08. The van der Waals surface area contributed by atoms with E-state index < -0.39 is 5.97 Å². The summed E-state index contributed by atoms with van der Waals surface area (Å²) in [6, 6.07) is 11.8. The Morgan fingerprint density at radius 1 is 1.18 bits per heavy atom. The maximum absolute atomic E-state index is 12.3. The van der Waals surface area contributed by atoms with Crippen LogP contribution in [0.5, 0.6) is 0 Å². The van der Waals surface area contributed by atoms with Crippen LogP contribution in [0, 0.1) is 6.92 Å². The van der Waals surface area contributed by atoms with Crippen LogP contribution in [0.15, 0.2) is 53.5 Å². The first-order valence-electron chi connectivity index (χ1n) is 9.08. The van der Waals surface area contributed by atoms with Crippen molar-refractivity contribution in [1.82, 2.24) is 9.38 Å². The van der Waals surface area contributed by atoms with E-state index in [2.05, 4.69) is 4.98 Å². The molecule has 0 unspecified atom stereocenters. The van der Waals surface area contributed by atoms with Gasteiger partial charge in [-0.15, -0.1) is 0 Å². The van der Waals surface area contributed by atoms with Crippen LogP contribution in [-0.4, -0.2) is 27.8 Å². The summed E-state index contributed by atoms with van der Waals surface area (Å²) < 4.78 is 6.77. The van der Waals surface area contributed by atoms with Crippen LogP contribution in [0.25, 0.3) is 5.65 Å². The molecule has 3 aromatic rings. The number of benzene rings is 1. The average molecular weight is 377 g/mol. The second-order valence-corrected chi connectivity index (χ2v) is 6.74. The fourth-order valence-corrected chi connectivity index (χ4v) is 3.30. The van der Waals surface area contributed by atoms with E-state index in [-0.39, 0.29) is 18.1 Å². The highest BCUT2D eigenvalue weighted by Gasteiger charge is 2.21. The molecule has 0 atom stereocenters. The summed E-state index contributed by atoms with van der Waals surface area (Å²) in [6.45, 7) is 2.47. The van der Waals surface area contributed by atoms with Gasteiger partial charge < -0.3 is 9.64 Å². The number of esters is 1. The number of pyridine rings is 1. The minimum absolute atomic E-state index is 0.0920. The molecule has 0 bridgehead atoms. The number of carbonyl (C=O) groups excluding carboxylic acids is 2. The lowest BCUT2D eigenvalue weighted by molar-refractivity contribution is -0.117. The van der Waals surface area contributed by atoms with Crippen molar-refractivity contribution in [3.05, 3.63) is 75.8 Å². The monoisotopic (exact) mass is 377 g/mol. The molecular formula is C21H19N3O4. The van der Waals surface area contributed by atoms with Crippen LogP contribution >= 0.6 is 0 Å². The molecule has 142 valence electrons. The number of aryl methyl sites for hydroxylation is 1. The van der Waals surface area contributed by atoms with E-state index in [1.165, 1.54) is 10.5 Å². The van der Waals surface area contributed by atoms with Crippen LogP contribution in [0.3, 0.4) is 0 Å². The second kappa shape index (κ2) is 7.26. The van der Waals surface area contributed by atoms with Crippen molar-refractivity contribution in [3.8, 4) is 0 Å². The van der Waals surface area contributed by atoms with Gasteiger partial charge in [-0.2, -0.15) is 0 Å². The molecule has 0 radical (unpaired) electrons. The van der Waals surface area contributed by atoms with E-state index in [0.717, 1.165) is 17.7 Å². The molecule has 1 fully saturated rings. The number of fused-ring (bicyclic) bond motifs is 1. The zero-order valence-electron chi connectivity index (χ0n) is 15.4. The van der Waals surface area contributed by atoms with Crippen LogP contribution in [0.4, 0.5) is 5.69 Å². The number of carbonyl (C=O) groups is 2. The number of ether oxygens (including phenoxy) is 1. The Balaban J connectivity index is 1.47. The number of anilines is 1. The van der Waals surface area contributed by atoms with Crippen molar-refractivity contribution in [2.45, 2.75) is 26.4 Å². The summed E-state index contributed by atoms with van der Waals surface area (Å²) in [6.07, 6.45) is 3.06. The van der Waals surface area contributed by atoms with E-state index >= 15 is 0 Å². The van der Waals surface area contributed by atoms with Crippen LogP contribution < -0.4 is 10.5 Å². The fourth-order valence-electron chi connectivity index (χ4n) is 3.30. The lowest BCUT2D eigenvalue weighted by Gasteiger charge is -2.15. The average Bonchev–Trinajstić information content (AvgIpc) is 3.13. The normalized spacial score (nSPS) is 13.9. The highest BCUT2D eigenvalue weighted by molar-refractivity contribution is 5.96. The van der Waals surface area contributed by atoms with Crippen molar-refractivity contribution in [3.63, 3.8) is 0 Å². The molecule has 0 aliphatic carbocycles. The van der Waals surface area contributed by atoms with E-state index in [1.807, 2.05) is 13.0 Å². The number of hydrogen-bond acceptors (Lipinski definition) is 5. The number of hydrogen-bond donors (Lipinski definition) is 0. The standard InChI is InChI=1S/C21H19N3O4/c1-14-4-2-11-24-19(26)12-16(22-20(14)24)13-28-21(27)15-6-8-17(9-7-15)23-10-3-5-18(23)25/h2,4,6-9,11-12H,3,5,10,13H2,1H3. The molecule has 1 saturated heterocycles. The molecule has 28 heavy (non-hydrogen) atoms. The van der Waals surface area contributed by atoms with E-state index in [1.54, 1.807) is 41.4 Å². The highest BCUT2D eigenvalue weighted by atomic mass is 16.5. The van der Waals surface area contributed by atoms with Crippen LogP contribution in [0.2, 0.25) is 0 Å². The zero-order chi connectivity index (χ0) is 19.7. The van der Waals surface area contributed by atoms with Crippen molar-refractivity contribution < 1.29 is 14.3 Å². The predicted molar refractivity (Wildman–Crippen MR) is 103 cm³/mol. The minimum atomic E-state index is -0.508. The van der Waals surface area contributed by atoms with Gasteiger partial charge in [0, 0.05) is 30.9 Å². The van der Waals surface area contributed by atoms with Gasteiger partial charge in [-0.1, -0.05) is 6.07 Å². The second-order valence-electron chi connectivity index (χ2n) is 6.74. The molecule has 0 spiro atoms. The smallest absolute Gasteiger partial charge is 0.338 e. The third kappa shape index (κ3) is 3.38. The van der Waals surface area contributed by atoms with Crippen molar-refractivity contribution >= 4 is 23.2 Å². The molecule has 7 heteroatoms. The molecule has 0 saturated carbocycles. The Labute approximate surface area is 161 Å². The summed E-state index contributed by atoms with van der Waals surface area (Å²) in [5.74, 6) is -0.412. The van der Waals surface area contributed by atoms with Crippen molar-refractivity contribution in [2.24, 2.45) is 0 Å². The third-order valence-electron chi connectivity index (χ3n) is 4.78. The molecule has 1 aromatic carbocycles. The number of amides is 1. The Kier molecular flexibility index (Phi) is 4.65. The fraction of sp³-hybridized carbons (Fsp3) is 0.238. The van der Waals surface area contributed by atoms with Gasteiger partial charge in [-0.25, -0.2) is 9.78 Å². The Bertz CT molecular complexity index is 1120. The van der Waals surface area contributed by atoms with Gasteiger partial charge in [0.1, 0.15) is 12.3 Å². The Hall–Kier alpha value is -3.48. The SMILES string of the molecule is Cc1cccn2c(=O)cc(COC(=O)c3ccc(N4CCCC4=O)cc3)nc12. The van der Waals surface area contributed by atoms with Gasteiger partial charge in [-0.05, 0) is 49.2 Å². The first-order chi connectivity index (χ1) is 13.5. The van der Waals surface area contributed by atoms with E-state index in [9.17, 15) is 14.4 Å². The quantitative estimate of drug-likeness (QED) is 0.653. The lowest BCUT2D eigenvalue weighted by atomic mass is 10.2. The topological polar surface area (TPSA) is 81.0 Å². The zero-order valence-corrected chi connectivity index (χ0v) is 15.4. The van der Waals surface area contributed by atoms with Gasteiger partial charge in [0.15, 0.2) is 0 Å². The van der Waals surface area contributed by atoms with Gasteiger partial charge in [0.05, 0.1) is 11.3 Å². The molecule has 3 heterocycles. The highest BCUT2D eigenvalue weighted by Crippen LogP contribution is 2.22. The minimum Gasteiger partial charge on any atom is -0.456 e. The maximum atomic E-state index is 12.3. The number of rotatable bonds is 4. The van der Waals surface area contributed by atoms with E-state index in [0.29, 0.717) is 29.9 Å². The van der Waals surface area contributed by atoms with Gasteiger partial charge >= 0.3 is 5.97 Å². The molecule has 1 aliphatic heterocycles. The van der Waals surface area contributed by atoms with Gasteiger partial charge in [0.25, 0.3) is 5.56 Å². The molecule has 0 N–H and O–H groups in total. The number of nitrogens with zero attached hydrogens (tertiary/aromatic N) is 3. The third-order valence-corrected chi connectivity index (χ3v) is 4.78. The Morgan fingerprint density at radius 2 is 1.96 bits per heavy atom. The summed E-state index contributed by atoms with van der Waals surface area (Å²) in [4.78, 5) is 42.5. The van der Waals surface area contributed by atoms with Crippen molar-refractivity contribution in [2.75, 3.05) is 11.4 Å². The first kappa shape index (κ1) is 17.9. The summed E-state index contributed by atoms with van der Waals surface area (Å²) >= 11 is 0. The Morgan fingerprint density at radius 3 is 2.68 bits per heavy atom. The maximum Gasteiger partial charge on any atom is 0.338 e. The number of aromatic nitrogens is 2. The molecule has 2 aromatic heterocycles. The largest absolute Gasteiger partial charge is 0.456 e.